The van der Waals surface area contributed by atoms with E-state index in [2.05, 4.69) is 0 Å². The van der Waals surface area contributed by atoms with Crippen LogP contribution < -0.4 is 0 Å². The summed E-state index contributed by atoms with van der Waals surface area (Å²) >= 11 is 5.76. The maximum absolute atomic E-state index is 13.5. The van der Waals surface area contributed by atoms with Crippen LogP contribution >= 0.6 is 11.6 Å². The Morgan fingerprint density at radius 2 is 1.00 bits per heavy atom. The number of alkyl halides is 1. The van der Waals surface area contributed by atoms with Crippen LogP contribution in [0.25, 0.3) is 0 Å². The molecule has 0 radical (unpaired) electrons. The van der Waals surface area contributed by atoms with Gasteiger partial charge in [0.05, 0.1) is 0 Å². The third-order valence-electron chi connectivity index (χ3n) is 4.54. The van der Waals surface area contributed by atoms with Gasteiger partial charge in [-0.25, -0.2) is 0 Å². The minimum absolute atomic E-state index is 0.0225. The summed E-state index contributed by atoms with van der Waals surface area (Å²) in [5, 5.41) is 0. The van der Waals surface area contributed by atoms with Crippen LogP contribution in [0.1, 0.15) is 23.1 Å². The second-order valence-electron chi connectivity index (χ2n) is 6.04. The molecule has 0 saturated carbocycles. The standard InChI is InChI=1S/C23H19ClO2/c24-17-16-21(25)22(26)23(18-10-4-1-5-11-18,19-12-6-2-7-13-19)20-14-8-3-9-15-20/h1-15H,16-17H2. The average Bonchev–Trinajstić information content (AvgIpc) is 2.71. The average molecular weight is 363 g/mol. The molecule has 0 heterocycles. The third-order valence-corrected chi connectivity index (χ3v) is 4.72. The molecule has 3 rings (SSSR count). The molecule has 0 unspecified atom stereocenters. The summed E-state index contributed by atoms with van der Waals surface area (Å²) in [7, 11) is 0. The van der Waals surface area contributed by atoms with E-state index in [1.165, 1.54) is 0 Å². The highest BCUT2D eigenvalue weighted by Crippen LogP contribution is 2.40. The predicted octanol–water partition coefficient (Wildman–Crippen LogP) is 4.79. The molecule has 0 bridgehead atoms. The van der Waals surface area contributed by atoms with Gasteiger partial charge in [-0.1, -0.05) is 91.0 Å². The number of benzene rings is 3. The van der Waals surface area contributed by atoms with Gasteiger partial charge in [0.1, 0.15) is 5.41 Å². The van der Waals surface area contributed by atoms with E-state index in [-0.39, 0.29) is 12.3 Å². The Balaban J connectivity index is 2.36. The van der Waals surface area contributed by atoms with Gasteiger partial charge < -0.3 is 0 Å². The van der Waals surface area contributed by atoms with Crippen molar-refractivity contribution in [1.29, 1.82) is 0 Å². The summed E-state index contributed by atoms with van der Waals surface area (Å²) in [5.41, 5.74) is 1.12. The molecule has 0 aliphatic carbocycles. The summed E-state index contributed by atoms with van der Waals surface area (Å²) in [6, 6.07) is 28.4. The number of hydrogen-bond acceptors (Lipinski definition) is 2. The van der Waals surface area contributed by atoms with E-state index in [1.54, 1.807) is 0 Å². The molecule has 3 aromatic rings. The second kappa shape index (κ2) is 8.11. The fourth-order valence-electron chi connectivity index (χ4n) is 3.37. The van der Waals surface area contributed by atoms with Crippen LogP contribution in [0, 0.1) is 0 Å². The van der Waals surface area contributed by atoms with E-state index in [4.69, 9.17) is 11.6 Å². The molecule has 26 heavy (non-hydrogen) atoms. The molecular formula is C23H19ClO2. The maximum atomic E-state index is 13.5. The first-order valence-corrected chi connectivity index (χ1v) is 9.05. The Morgan fingerprint density at radius 1 is 0.654 bits per heavy atom. The normalized spacial score (nSPS) is 11.1. The molecule has 0 saturated heterocycles. The molecule has 0 fully saturated rings. The first-order chi connectivity index (χ1) is 12.7. The lowest BCUT2D eigenvalue weighted by Crippen LogP contribution is -2.43. The minimum atomic E-state index is -1.19. The van der Waals surface area contributed by atoms with E-state index in [0.29, 0.717) is 0 Å². The van der Waals surface area contributed by atoms with Crippen LogP contribution in [0.3, 0.4) is 0 Å². The second-order valence-corrected chi connectivity index (χ2v) is 6.42. The molecule has 0 N–H and O–H groups in total. The lowest BCUT2D eigenvalue weighted by Gasteiger charge is -2.33. The van der Waals surface area contributed by atoms with Gasteiger partial charge in [0.25, 0.3) is 0 Å². The van der Waals surface area contributed by atoms with Crippen LogP contribution in [-0.2, 0) is 15.0 Å². The van der Waals surface area contributed by atoms with Crippen molar-refractivity contribution in [2.45, 2.75) is 11.8 Å². The Labute approximate surface area is 158 Å². The molecule has 0 aliphatic rings. The molecule has 3 aromatic carbocycles. The van der Waals surface area contributed by atoms with Crippen LogP contribution in [0.4, 0.5) is 0 Å². The van der Waals surface area contributed by atoms with Crippen molar-refractivity contribution in [3.63, 3.8) is 0 Å². The summed E-state index contributed by atoms with van der Waals surface area (Å²) < 4.78 is 0. The van der Waals surface area contributed by atoms with Gasteiger partial charge in [0.15, 0.2) is 0 Å². The molecular weight excluding hydrogens is 344 g/mol. The molecule has 0 aliphatic heterocycles. The number of carbonyl (C=O) groups is 2. The van der Waals surface area contributed by atoms with Gasteiger partial charge in [0, 0.05) is 12.3 Å². The molecule has 0 aromatic heterocycles. The topological polar surface area (TPSA) is 34.1 Å². The maximum Gasteiger partial charge on any atom is 0.217 e. The van der Waals surface area contributed by atoms with Crippen molar-refractivity contribution in [2.24, 2.45) is 0 Å². The summed E-state index contributed by atoms with van der Waals surface area (Å²) in [5.74, 6) is -0.794. The van der Waals surface area contributed by atoms with Gasteiger partial charge >= 0.3 is 0 Å². The summed E-state index contributed by atoms with van der Waals surface area (Å²) in [6.45, 7) is 0. The van der Waals surface area contributed by atoms with Crippen molar-refractivity contribution in [3.8, 4) is 0 Å². The number of Topliss-reactive ketones (excluding diaryl/α,β-unsaturated/α-hetero) is 2. The Bertz CT molecular complexity index is 777. The zero-order chi connectivity index (χ0) is 18.4. The lowest BCUT2D eigenvalue weighted by atomic mass is 9.65. The largest absolute Gasteiger partial charge is 0.291 e. The molecule has 3 heteroatoms. The monoisotopic (exact) mass is 362 g/mol. The van der Waals surface area contributed by atoms with E-state index in [9.17, 15) is 9.59 Å². The predicted molar refractivity (Wildman–Crippen MR) is 105 cm³/mol. The van der Waals surface area contributed by atoms with E-state index in [1.807, 2.05) is 91.0 Å². The molecule has 0 atom stereocenters. The molecule has 2 nitrogen and oxygen atoms in total. The van der Waals surface area contributed by atoms with Crippen LogP contribution in [0.2, 0.25) is 0 Å². The SMILES string of the molecule is O=C(CCCl)C(=O)C(c1ccccc1)(c1ccccc1)c1ccccc1. The van der Waals surface area contributed by atoms with Gasteiger partial charge in [0.2, 0.25) is 11.6 Å². The third kappa shape index (κ3) is 3.21. The van der Waals surface area contributed by atoms with Crippen LogP contribution in [-0.4, -0.2) is 17.4 Å². The van der Waals surface area contributed by atoms with Gasteiger partial charge in [-0.15, -0.1) is 11.6 Å². The highest BCUT2D eigenvalue weighted by Gasteiger charge is 2.46. The molecule has 0 spiro atoms. The van der Waals surface area contributed by atoms with Crippen molar-refractivity contribution in [1.82, 2.24) is 0 Å². The Hall–Kier alpha value is -2.71. The van der Waals surface area contributed by atoms with Crippen LogP contribution in [0.5, 0.6) is 0 Å². The first-order valence-electron chi connectivity index (χ1n) is 8.51. The zero-order valence-corrected chi connectivity index (χ0v) is 15.0. The summed E-state index contributed by atoms with van der Waals surface area (Å²) in [4.78, 5) is 26.2. The highest BCUT2D eigenvalue weighted by atomic mass is 35.5. The van der Waals surface area contributed by atoms with Crippen molar-refractivity contribution < 1.29 is 9.59 Å². The fourth-order valence-corrected chi connectivity index (χ4v) is 3.54. The van der Waals surface area contributed by atoms with Crippen molar-refractivity contribution in [3.05, 3.63) is 108 Å². The number of hydrogen-bond donors (Lipinski definition) is 0. The number of carbonyl (C=O) groups excluding carboxylic acids is 2. The van der Waals surface area contributed by atoms with Gasteiger partial charge in [-0.2, -0.15) is 0 Å². The van der Waals surface area contributed by atoms with E-state index < -0.39 is 17.0 Å². The number of ketones is 2. The molecule has 130 valence electrons. The smallest absolute Gasteiger partial charge is 0.217 e. The van der Waals surface area contributed by atoms with E-state index in [0.717, 1.165) is 16.7 Å². The fraction of sp³-hybridized carbons (Fsp3) is 0.130. The Morgan fingerprint density at radius 3 is 1.31 bits per heavy atom. The molecule has 0 amide bonds. The number of rotatable bonds is 7. The van der Waals surface area contributed by atoms with Gasteiger partial charge in [-0.3, -0.25) is 9.59 Å². The zero-order valence-electron chi connectivity index (χ0n) is 14.3. The number of halogens is 1. The quantitative estimate of drug-likeness (QED) is 0.344. The van der Waals surface area contributed by atoms with Crippen molar-refractivity contribution >= 4 is 23.2 Å². The Kier molecular flexibility index (Phi) is 5.65. The van der Waals surface area contributed by atoms with Crippen LogP contribution in [0.15, 0.2) is 91.0 Å². The summed E-state index contributed by atoms with van der Waals surface area (Å²) in [6.07, 6.45) is 0.0225. The van der Waals surface area contributed by atoms with Crippen molar-refractivity contribution in [2.75, 3.05) is 5.88 Å². The lowest BCUT2D eigenvalue weighted by molar-refractivity contribution is -0.138. The van der Waals surface area contributed by atoms with Gasteiger partial charge in [-0.05, 0) is 16.7 Å². The van der Waals surface area contributed by atoms with E-state index >= 15 is 0 Å². The first kappa shape index (κ1) is 18.1. The highest BCUT2D eigenvalue weighted by molar-refractivity contribution is 6.43. The minimum Gasteiger partial charge on any atom is -0.291 e.